The molecule has 0 spiro atoms. The molecular formula is C13H18N2OS. The molecular weight excluding hydrogens is 232 g/mol. The minimum absolute atomic E-state index is 0.549. The average molecular weight is 250 g/mol. The van der Waals surface area contributed by atoms with E-state index < -0.39 is 5.60 Å². The van der Waals surface area contributed by atoms with Crippen molar-refractivity contribution in [2.24, 2.45) is 0 Å². The van der Waals surface area contributed by atoms with Crippen LogP contribution in [-0.4, -0.2) is 14.7 Å². The molecule has 1 N–H and O–H groups in total. The molecule has 0 amide bonds. The first-order valence-corrected chi connectivity index (χ1v) is 6.64. The Morgan fingerprint density at radius 1 is 1.47 bits per heavy atom. The van der Waals surface area contributed by atoms with Crippen LogP contribution in [0.15, 0.2) is 24.5 Å². The second-order valence-electron chi connectivity index (χ2n) is 4.49. The molecule has 0 aliphatic heterocycles. The van der Waals surface area contributed by atoms with Gasteiger partial charge in [-0.05, 0) is 32.9 Å². The van der Waals surface area contributed by atoms with Crippen LogP contribution in [0.25, 0.3) is 0 Å². The van der Waals surface area contributed by atoms with E-state index in [0.717, 1.165) is 17.2 Å². The summed E-state index contributed by atoms with van der Waals surface area (Å²) >= 11 is 1.64. The van der Waals surface area contributed by atoms with Gasteiger partial charge in [-0.2, -0.15) is 0 Å². The molecule has 0 radical (unpaired) electrons. The highest BCUT2D eigenvalue weighted by Gasteiger charge is 2.27. The molecule has 2 aromatic rings. The number of hydrogen-bond donors (Lipinski definition) is 1. The summed E-state index contributed by atoms with van der Waals surface area (Å²) in [5, 5.41) is 10.5. The molecule has 2 rings (SSSR count). The molecule has 0 saturated carbocycles. The zero-order chi connectivity index (χ0) is 12.5. The Bertz CT molecular complexity index is 499. The van der Waals surface area contributed by atoms with E-state index in [1.54, 1.807) is 17.5 Å². The molecule has 4 heteroatoms. The normalized spacial score (nSPS) is 14.8. The molecule has 2 heterocycles. The van der Waals surface area contributed by atoms with Crippen LogP contribution in [0.1, 0.15) is 29.4 Å². The van der Waals surface area contributed by atoms with Crippen molar-refractivity contribution in [2.45, 2.75) is 39.3 Å². The predicted octanol–water partition coefficient (Wildman–Crippen LogP) is 2.72. The number of aryl methyl sites for hydroxylation is 2. The molecule has 1 unspecified atom stereocenters. The maximum Gasteiger partial charge on any atom is 0.111 e. The fourth-order valence-corrected chi connectivity index (χ4v) is 2.83. The minimum atomic E-state index is -0.836. The van der Waals surface area contributed by atoms with Gasteiger partial charge in [-0.1, -0.05) is 0 Å². The van der Waals surface area contributed by atoms with Crippen LogP contribution >= 0.6 is 11.3 Å². The van der Waals surface area contributed by atoms with Crippen LogP contribution in [0.2, 0.25) is 0 Å². The van der Waals surface area contributed by atoms with Gasteiger partial charge in [0.25, 0.3) is 0 Å². The van der Waals surface area contributed by atoms with Crippen molar-refractivity contribution >= 4 is 11.3 Å². The zero-order valence-corrected chi connectivity index (χ0v) is 11.3. The van der Waals surface area contributed by atoms with Crippen LogP contribution in [-0.2, 0) is 18.6 Å². The van der Waals surface area contributed by atoms with Crippen LogP contribution in [0.3, 0.4) is 0 Å². The monoisotopic (exact) mass is 250 g/mol. The van der Waals surface area contributed by atoms with E-state index in [0.29, 0.717) is 6.42 Å². The predicted molar refractivity (Wildman–Crippen MR) is 70.2 cm³/mol. The molecule has 0 bridgehead atoms. The van der Waals surface area contributed by atoms with Crippen LogP contribution in [0.4, 0.5) is 0 Å². The fraction of sp³-hybridized carbons (Fsp3) is 0.462. The molecule has 0 aliphatic carbocycles. The minimum Gasteiger partial charge on any atom is -0.384 e. The Kier molecular flexibility index (Phi) is 3.35. The van der Waals surface area contributed by atoms with Crippen molar-refractivity contribution in [1.82, 2.24) is 9.55 Å². The fourth-order valence-electron chi connectivity index (χ4n) is 1.91. The summed E-state index contributed by atoms with van der Waals surface area (Å²) in [6.07, 6.45) is 4.29. The lowest BCUT2D eigenvalue weighted by Crippen LogP contribution is -2.25. The lowest BCUT2D eigenvalue weighted by Gasteiger charge is -2.21. The molecule has 0 saturated heterocycles. The van der Waals surface area contributed by atoms with Gasteiger partial charge < -0.3 is 9.67 Å². The number of thiophene rings is 1. The van der Waals surface area contributed by atoms with Crippen molar-refractivity contribution in [3.8, 4) is 0 Å². The SMILES string of the molecule is CCn1ccnc1CC(C)(O)c1ccc(C)s1. The standard InChI is InChI=1S/C13H18N2OS/c1-4-15-8-7-14-12(15)9-13(3,16)11-6-5-10(2)17-11/h5-8,16H,4,9H2,1-3H3. The zero-order valence-electron chi connectivity index (χ0n) is 10.5. The highest BCUT2D eigenvalue weighted by Crippen LogP contribution is 2.30. The maximum absolute atomic E-state index is 10.5. The Hall–Kier alpha value is -1.13. The van der Waals surface area contributed by atoms with E-state index in [2.05, 4.69) is 23.4 Å². The summed E-state index contributed by atoms with van der Waals surface area (Å²) in [6, 6.07) is 4.04. The maximum atomic E-state index is 10.5. The van der Waals surface area contributed by atoms with Crippen molar-refractivity contribution < 1.29 is 5.11 Å². The number of hydrogen-bond acceptors (Lipinski definition) is 3. The molecule has 2 aromatic heterocycles. The Morgan fingerprint density at radius 2 is 2.24 bits per heavy atom. The van der Waals surface area contributed by atoms with Gasteiger partial charge in [0.05, 0.1) is 0 Å². The third-order valence-corrected chi connectivity index (χ3v) is 4.17. The van der Waals surface area contributed by atoms with Gasteiger partial charge >= 0.3 is 0 Å². The first kappa shape index (κ1) is 12.3. The number of nitrogens with zero attached hydrogens (tertiary/aromatic N) is 2. The molecule has 3 nitrogen and oxygen atoms in total. The van der Waals surface area contributed by atoms with E-state index in [4.69, 9.17) is 0 Å². The molecule has 17 heavy (non-hydrogen) atoms. The Labute approximate surface area is 106 Å². The van der Waals surface area contributed by atoms with Crippen LogP contribution < -0.4 is 0 Å². The van der Waals surface area contributed by atoms with E-state index in [1.807, 2.05) is 25.3 Å². The largest absolute Gasteiger partial charge is 0.384 e. The van der Waals surface area contributed by atoms with Crippen molar-refractivity contribution in [2.75, 3.05) is 0 Å². The van der Waals surface area contributed by atoms with Crippen molar-refractivity contribution in [3.63, 3.8) is 0 Å². The second-order valence-corrected chi connectivity index (χ2v) is 5.78. The van der Waals surface area contributed by atoms with E-state index in [-0.39, 0.29) is 0 Å². The van der Waals surface area contributed by atoms with Crippen LogP contribution in [0, 0.1) is 6.92 Å². The number of rotatable bonds is 4. The summed E-state index contributed by atoms with van der Waals surface area (Å²) in [5.74, 6) is 0.934. The van der Waals surface area contributed by atoms with Crippen molar-refractivity contribution in [1.29, 1.82) is 0 Å². The average Bonchev–Trinajstić information content (AvgIpc) is 2.86. The Balaban J connectivity index is 2.22. The van der Waals surface area contributed by atoms with Gasteiger partial charge in [-0.15, -0.1) is 11.3 Å². The first-order valence-electron chi connectivity index (χ1n) is 5.82. The van der Waals surface area contributed by atoms with E-state index in [1.165, 1.54) is 4.88 Å². The van der Waals surface area contributed by atoms with Gasteiger partial charge in [0, 0.05) is 35.1 Å². The lowest BCUT2D eigenvalue weighted by molar-refractivity contribution is 0.0584. The molecule has 1 atom stereocenters. The Morgan fingerprint density at radius 3 is 2.82 bits per heavy atom. The summed E-state index contributed by atoms with van der Waals surface area (Å²) in [6.45, 7) is 6.87. The van der Waals surface area contributed by atoms with Gasteiger partial charge in [0.15, 0.2) is 0 Å². The van der Waals surface area contributed by atoms with Crippen LogP contribution in [0.5, 0.6) is 0 Å². The third-order valence-electron chi connectivity index (χ3n) is 2.92. The quantitative estimate of drug-likeness (QED) is 0.906. The van der Waals surface area contributed by atoms with Gasteiger partial charge in [-0.3, -0.25) is 0 Å². The van der Waals surface area contributed by atoms with Gasteiger partial charge in [-0.25, -0.2) is 4.98 Å². The molecule has 0 aliphatic rings. The van der Waals surface area contributed by atoms with Crippen molar-refractivity contribution in [3.05, 3.63) is 40.1 Å². The van der Waals surface area contributed by atoms with Gasteiger partial charge in [0.2, 0.25) is 0 Å². The topological polar surface area (TPSA) is 38.0 Å². The third kappa shape index (κ3) is 2.58. The lowest BCUT2D eigenvalue weighted by atomic mass is 10.00. The summed E-state index contributed by atoms with van der Waals surface area (Å²) in [5.41, 5.74) is -0.836. The molecule has 92 valence electrons. The summed E-state index contributed by atoms with van der Waals surface area (Å²) in [4.78, 5) is 6.53. The molecule has 0 aromatic carbocycles. The number of aromatic nitrogens is 2. The highest BCUT2D eigenvalue weighted by molar-refractivity contribution is 7.12. The summed E-state index contributed by atoms with van der Waals surface area (Å²) in [7, 11) is 0. The first-order chi connectivity index (χ1) is 8.03. The smallest absolute Gasteiger partial charge is 0.111 e. The van der Waals surface area contributed by atoms with Gasteiger partial charge in [0.1, 0.15) is 11.4 Å². The number of aliphatic hydroxyl groups is 1. The van der Waals surface area contributed by atoms with E-state index in [9.17, 15) is 5.11 Å². The highest BCUT2D eigenvalue weighted by atomic mass is 32.1. The molecule has 0 fully saturated rings. The second kappa shape index (κ2) is 4.63. The summed E-state index contributed by atoms with van der Waals surface area (Å²) < 4.78 is 2.06. The van der Waals surface area contributed by atoms with E-state index >= 15 is 0 Å². The number of imidazole rings is 1.